The van der Waals surface area contributed by atoms with Crippen LogP contribution in [0.3, 0.4) is 0 Å². The van der Waals surface area contributed by atoms with Crippen LogP contribution in [0.4, 0.5) is 0 Å². The molecule has 0 radical (unpaired) electrons. The number of carbonyl (C=O) groups is 1. The molecule has 0 aliphatic heterocycles. The van der Waals surface area contributed by atoms with Gasteiger partial charge >= 0.3 is 5.97 Å². The van der Waals surface area contributed by atoms with Crippen molar-refractivity contribution in [2.75, 3.05) is 13.2 Å². The van der Waals surface area contributed by atoms with Crippen LogP contribution in [0.1, 0.15) is 29.8 Å². The molecule has 0 atom stereocenters. The van der Waals surface area contributed by atoms with Gasteiger partial charge in [0.05, 0.1) is 23.3 Å². The van der Waals surface area contributed by atoms with Gasteiger partial charge in [0, 0.05) is 10.7 Å². The Morgan fingerprint density at radius 3 is 2.43 bits per heavy atom. The van der Waals surface area contributed by atoms with Crippen molar-refractivity contribution in [3.63, 3.8) is 0 Å². The van der Waals surface area contributed by atoms with Gasteiger partial charge in [-0.15, -0.1) is 0 Å². The standard InChI is InChI=1S/C13H16Cl2O5S/c1-8(2)19-4-5-20-13(16)10-6-9(3)12(14)11(7-10)21(15,17)18/h6-8H,4-5H2,1-3H3. The fourth-order valence-electron chi connectivity index (χ4n) is 1.53. The van der Waals surface area contributed by atoms with Crippen molar-refractivity contribution in [3.8, 4) is 0 Å². The molecule has 21 heavy (non-hydrogen) atoms. The number of ether oxygens (including phenoxy) is 2. The predicted molar refractivity (Wildman–Crippen MR) is 80.6 cm³/mol. The van der Waals surface area contributed by atoms with E-state index in [1.54, 1.807) is 6.92 Å². The number of hydrogen-bond donors (Lipinski definition) is 0. The fraction of sp³-hybridized carbons (Fsp3) is 0.462. The second kappa shape index (κ2) is 7.45. The molecule has 8 heteroatoms. The van der Waals surface area contributed by atoms with Crippen LogP contribution in [-0.4, -0.2) is 33.7 Å². The van der Waals surface area contributed by atoms with E-state index < -0.39 is 15.0 Å². The largest absolute Gasteiger partial charge is 0.460 e. The van der Waals surface area contributed by atoms with Gasteiger partial charge in [0.15, 0.2) is 0 Å². The molecule has 0 spiro atoms. The number of benzene rings is 1. The average Bonchev–Trinajstić information content (AvgIpc) is 2.35. The monoisotopic (exact) mass is 354 g/mol. The normalized spacial score (nSPS) is 11.7. The summed E-state index contributed by atoms with van der Waals surface area (Å²) in [5.74, 6) is -0.663. The fourth-order valence-corrected chi connectivity index (χ4v) is 3.07. The zero-order valence-corrected chi connectivity index (χ0v) is 14.2. The first kappa shape index (κ1) is 18.2. The molecule has 0 aliphatic rings. The first-order chi connectivity index (χ1) is 9.62. The minimum absolute atomic E-state index is 0.00955. The molecule has 0 aromatic heterocycles. The van der Waals surface area contributed by atoms with E-state index in [1.165, 1.54) is 6.07 Å². The van der Waals surface area contributed by atoms with Gasteiger partial charge in [-0.3, -0.25) is 0 Å². The van der Waals surface area contributed by atoms with Crippen molar-refractivity contribution in [3.05, 3.63) is 28.3 Å². The Bertz CT molecular complexity index is 626. The number of aryl methyl sites for hydroxylation is 1. The summed E-state index contributed by atoms with van der Waals surface area (Å²) in [5.41, 5.74) is 0.490. The quantitative estimate of drug-likeness (QED) is 0.445. The Kier molecular flexibility index (Phi) is 6.46. The summed E-state index contributed by atoms with van der Waals surface area (Å²) in [7, 11) is 1.25. The van der Waals surface area contributed by atoms with Crippen LogP contribution >= 0.6 is 22.3 Å². The Hall–Kier alpha value is -0.820. The number of esters is 1. The molecule has 0 bridgehead atoms. The molecule has 1 aromatic rings. The van der Waals surface area contributed by atoms with Crippen molar-refractivity contribution in [2.24, 2.45) is 0 Å². The van der Waals surface area contributed by atoms with Gasteiger partial charge in [-0.05, 0) is 38.5 Å². The third-order valence-corrected chi connectivity index (χ3v) is 4.45. The molecule has 0 saturated carbocycles. The minimum atomic E-state index is -4.04. The van der Waals surface area contributed by atoms with Crippen LogP contribution in [0.25, 0.3) is 0 Å². The van der Waals surface area contributed by atoms with Crippen molar-refractivity contribution < 1.29 is 22.7 Å². The van der Waals surface area contributed by atoms with Gasteiger partial charge in [0.2, 0.25) is 0 Å². The number of carbonyl (C=O) groups excluding carboxylic acids is 1. The Labute approximate surface area is 133 Å². The Morgan fingerprint density at radius 2 is 1.90 bits per heavy atom. The molecule has 5 nitrogen and oxygen atoms in total. The molecule has 1 rings (SSSR count). The Balaban J connectivity index is 2.89. The van der Waals surface area contributed by atoms with Crippen LogP contribution in [-0.2, 0) is 18.5 Å². The van der Waals surface area contributed by atoms with Gasteiger partial charge in [-0.2, -0.15) is 0 Å². The molecule has 0 saturated heterocycles. The third-order valence-electron chi connectivity index (χ3n) is 2.49. The van der Waals surface area contributed by atoms with Crippen molar-refractivity contribution >= 4 is 37.3 Å². The smallest absolute Gasteiger partial charge is 0.338 e. The molecule has 118 valence electrons. The summed E-state index contributed by atoms with van der Waals surface area (Å²) in [6.45, 7) is 5.63. The first-order valence-corrected chi connectivity index (χ1v) is 8.85. The van der Waals surface area contributed by atoms with Gasteiger partial charge in [-0.1, -0.05) is 11.6 Å². The Morgan fingerprint density at radius 1 is 1.29 bits per heavy atom. The van der Waals surface area contributed by atoms with E-state index in [0.717, 1.165) is 6.07 Å². The lowest BCUT2D eigenvalue weighted by atomic mass is 10.1. The highest BCUT2D eigenvalue weighted by atomic mass is 35.7. The number of halogens is 2. The maximum absolute atomic E-state index is 11.9. The SMILES string of the molecule is Cc1cc(C(=O)OCCOC(C)C)cc(S(=O)(=O)Cl)c1Cl. The summed E-state index contributed by atoms with van der Waals surface area (Å²) in [6.07, 6.45) is 0.0365. The van der Waals surface area contributed by atoms with Gasteiger partial charge in [0.25, 0.3) is 9.05 Å². The minimum Gasteiger partial charge on any atom is -0.460 e. The lowest BCUT2D eigenvalue weighted by molar-refractivity contribution is 0.0176. The highest BCUT2D eigenvalue weighted by molar-refractivity contribution is 8.13. The maximum atomic E-state index is 11.9. The topological polar surface area (TPSA) is 69.7 Å². The predicted octanol–water partition coefficient (Wildman–Crippen LogP) is 3.16. The van der Waals surface area contributed by atoms with E-state index in [4.69, 9.17) is 31.8 Å². The van der Waals surface area contributed by atoms with Crippen LogP contribution in [0, 0.1) is 6.92 Å². The third kappa shape index (κ3) is 5.47. The number of rotatable bonds is 6. The second-order valence-corrected chi connectivity index (χ2v) is 7.51. The van der Waals surface area contributed by atoms with Gasteiger partial charge in [0.1, 0.15) is 11.5 Å². The van der Waals surface area contributed by atoms with Gasteiger partial charge < -0.3 is 9.47 Å². The van der Waals surface area contributed by atoms with E-state index in [2.05, 4.69) is 0 Å². The number of hydrogen-bond acceptors (Lipinski definition) is 5. The highest BCUT2D eigenvalue weighted by Crippen LogP contribution is 2.29. The van der Waals surface area contributed by atoms with Crippen molar-refractivity contribution in [2.45, 2.75) is 31.8 Å². The molecule has 1 aromatic carbocycles. The first-order valence-electron chi connectivity index (χ1n) is 6.16. The lowest BCUT2D eigenvalue weighted by Gasteiger charge is -2.10. The summed E-state index contributed by atoms with van der Waals surface area (Å²) >= 11 is 5.88. The van der Waals surface area contributed by atoms with E-state index in [-0.39, 0.29) is 34.8 Å². The lowest BCUT2D eigenvalue weighted by Crippen LogP contribution is -2.14. The zero-order chi connectivity index (χ0) is 16.2. The van der Waals surface area contributed by atoms with E-state index >= 15 is 0 Å². The van der Waals surface area contributed by atoms with Crippen LogP contribution < -0.4 is 0 Å². The molecule has 0 unspecified atom stereocenters. The zero-order valence-electron chi connectivity index (χ0n) is 11.9. The van der Waals surface area contributed by atoms with E-state index in [1.807, 2.05) is 13.8 Å². The van der Waals surface area contributed by atoms with Crippen molar-refractivity contribution in [1.82, 2.24) is 0 Å². The van der Waals surface area contributed by atoms with Crippen LogP contribution in [0.15, 0.2) is 17.0 Å². The maximum Gasteiger partial charge on any atom is 0.338 e. The molecule has 0 fully saturated rings. The molecule has 0 aliphatic carbocycles. The van der Waals surface area contributed by atoms with Crippen LogP contribution in [0.5, 0.6) is 0 Å². The molecular weight excluding hydrogens is 339 g/mol. The highest BCUT2D eigenvalue weighted by Gasteiger charge is 2.20. The molecule has 0 N–H and O–H groups in total. The van der Waals surface area contributed by atoms with Gasteiger partial charge in [-0.25, -0.2) is 13.2 Å². The second-order valence-electron chi connectivity index (χ2n) is 4.60. The summed E-state index contributed by atoms with van der Waals surface area (Å²) in [4.78, 5) is 11.6. The summed E-state index contributed by atoms with van der Waals surface area (Å²) in [6, 6.07) is 2.54. The molecule has 0 amide bonds. The summed E-state index contributed by atoms with van der Waals surface area (Å²) in [5, 5.41) is -0.00955. The average molecular weight is 355 g/mol. The van der Waals surface area contributed by atoms with E-state index in [0.29, 0.717) is 5.56 Å². The summed E-state index contributed by atoms with van der Waals surface area (Å²) < 4.78 is 33.1. The molecular formula is C13H16Cl2O5S. The van der Waals surface area contributed by atoms with E-state index in [9.17, 15) is 13.2 Å². The van der Waals surface area contributed by atoms with Crippen molar-refractivity contribution in [1.29, 1.82) is 0 Å². The molecule has 0 heterocycles. The van der Waals surface area contributed by atoms with Crippen LogP contribution in [0.2, 0.25) is 5.02 Å².